The summed E-state index contributed by atoms with van der Waals surface area (Å²) in [6.45, 7) is 17.9. The van der Waals surface area contributed by atoms with Crippen molar-refractivity contribution in [3.05, 3.63) is 59.8 Å². The Hall–Kier alpha value is -2.66. The molecule has 1 aliphatic heterocycles. The molecule has 3 heterocycles. The molecule has 1 unspecified atom stereocenters. The number of imidazole rings is 1. The Balaban J connectivity index is 1.30. The molecule has 3 aromatic rings. The van der Waals surface area contributed by atoms with Gasteiger partial charge in [-0.2, -0.15) is 0 Å². The number of fused-ring (bicyclic) bond motifs is 1. The Labute approximate surface area is 222 Å². The summed E-state index contributed by atoms with van der Waals surface area (Å²) in [5.74, 6) is 10.6. The fourth-order valence-electron chi connectivity index (χ4n) is 5.22. The standard InChI is InChI=1S/C30H40N4O2Si/c1-8-27(34-16-15-32-29(34)20(2)36-37(6,7)30(3,4)5)26-17-28(35-33-26)22-12-9-21(10-13-22)11-14-23-24-18-31-19-25(23)24/h9-10,12-13,15-17,20,23-25,27,31H,8,18-19H2,1-7H3/t20-,23?,24-,25+,27+/m0/s1. The van der Waals surface area contributed by atoms with E-state index < -0.39 is 8.32 Å². The first kappa shape index (κ1) is 26.0. The predicted molar refractivity (Wildman–Crippen MR) is 150 cm³/mol. The first-order valence-electron chi connectivity index (χ1n) is 13.6. The molecule has 2 aliphatic rings. The van der Waals surface area contributed by atoms with E-state index in [4.69, 9.17) is 8.95 Å². The van der Waals surface area contributed by atoms with Crippen LogP contribution in [0.3, 0.4) is 0 Å². The summed E-state index contributed by atoms with van der Waals surface area (Å²) in [5, 5.41) is 8.03. The molecular weight excluding hydrogens is 476 g/mol. The van der Waals surface area contributed by atoms with Crippen molar-refractivity contribution in [1.82, 2.24) is 20.0 Å². The van der Waals surface area contributed by atoms with Gasteiger partial charge in [0, 0.05) is 35.5 Å². The normalized spacial score (nSPS) is 22.7. The van der Waals surface area contributed by atoms with Crippen molar-refractivity contribution < 1.29 is 8.95 Å². The fraction of sp³-hybridized carbons (Fsp3) is 0.533. The van der Waals surface area contributed by atoms with Crippen LogP contribution in [0.15, 0.2) is 47.2 Å². The predicted octanol–water partition coefficient (Wildman–Crippen LogP) is 6.44. The first-order valence-corrected chi connectivity index (χ1v) is 16.5. The van der Waals surface area contributed by atoms with Crippen LogP contribution in [0.5, 0.6) is 0 Å². The van der Waals surface area contributed by atoms with Crippen molar-refractivity contribution in [1.29, 1.82) is 0 Å². The molecule has 196 valence electrons. The molecule has 0 radical (unpaired) electrons. The highest BCUT2D eigenvalue weighted by Crippen LogP contribution is 2.48. The van der Waals surface area contributed by atoms with Gasteiger partial charge in [0.15, 0.2) is 14.1 Å². The third kappa shape index (κ3) is 5.20. The fourth-order valence-corrected chi connectivity index (χ4v) is 6.56. The van der Waals surface area contributed by atoms with Crippen LogP contribution < -0.4 is 5.32 Å². The zero-order valence-electron chi connectivity index (χ0n) is 23.2. The van der Waals surface area contributed by atoms with E-state index in [1.54, 1.807) is 0 Å². The van der Waals surface area contributed by atoms with Crippen LogP contribution in [-0.2, 0) is 4.43 Å². The van der Waals surface area contributed by atoms with E-state index in [9.17, 15) is 0 Å². The first-order chi connectivity index (χ1) is 17.6. The second-order valence-corrected chi connectivity index (χ2v) is 16.9. The lowest BCUT2D eigenvalue weighted by Crippen LogP contribution is -2.41. The van der Waals surface area contributed by atoms with Gasteiger partial charge in [-0.1, -0.05) is 44.7 Å². The Morgan fingerprint density at radius 2 is 1.89 bits per heavy atom. The van der Waals surface area contributed by atoms with Crippen LogP contribution in [0.2, 0.25) is 18.1 Å². The molecule has 5 atom stereocenters. The molecule has 1 saturated carbocycles. The maximum absolute atomic E-state index is 6.66. The topological polar surface area (TPSA) is 65.1 Å². The molecule has 6 nitrogen and oxygen atoms in total. The molecule has 1 saturated heterocycles. The number of hydrogen-bond acceptors (Lipinski definition) is 5. The van der Waals surface area contributed by atoms with Gasteiger partial charge in [-0.05, 0) is 80.7 Å². The van der Waals surface area contributed by atoms with Crippen LogP contribution in [0.4, 0.5) is 0 Å². The second-order valence-electron chi connectivity index (χ2n) is 12.1. The van der Waals surface area contributed by atoms with Crippen LogP contribution >= 0.6 is 0 Å². The number of nitrogens with one attached hydrogen (secondary N) is 1. The Kier molecular flexibility index (Phi) is 6.95. The van der Waals surface area contributed by atoms with Gasteiger partial charge >= 0.3 is 0 Å². The summed E-state index contributed by atoms with van der Waals surface area (Å²) in [4.78, 5) is 4.69. The Morgan fingerprint density at radius 1 is 1.19 bits per heavy atom. The molecule has 7 heteroatoms. The average Bonchev–Trinajstić information content (AvgIpc) is 3.37. The largest absolute Gasteiger partial charge is 0.407 e. The van der Waals surface area contributed by atoms with Crippen LogP contribution in [0.1, 0.15) is 70.3 Å². The van der Waals surface area contributed by atoms with Crippen LogP contribution in [-0.4, -0.2) is 36.1 Å². The highest BCUT2D eigenvalue weighted by Gasteiger charge is 2.51. The van der Waals surface area contributed by atoms with E-state index in [1.165, 1.54) is 0 Å². The van der Waals surface area contributed by atoms with Gasteiger partial charge in [0.05, 0.1) is 6.04 Å². The molecule has 37 heavy (non-hydrogen) atoms. The highest BCUT2D eigenvalue weighted by molar-refractivity contribution is 6.74. The molecule has 2 fully saturated rings. The minimum absolute atomic E-state index is 0.0260. The van der Waals surface area contributed by atoms with Gasteiger partial charge in [0.25, 0.3) is 0 Å². The van der Waals surface area contributed by atoms with Crippen molar-refractivity contribution >= 4 is 8.32 Å². The molecule has 0 spiro atoms. The average molecular weight is 517 g/mol. The summed E-state index contributed by atoms with van der Waals surface area (Å²) in [6, 6.07) is 10.4. The highest BCUT2D eigenvalue weighted by atomic mass is 28.4. The maximum atomic E-state index is 6.66. The lowest BCUT2D eigenvalue weighted by atomic mass is 10.1. The zero-order valence-corrected chi connectivity index (χ0v) is 24.2. The minimum atomic E-state index is -1.93. The summed E-state index contributed by atoms with van der Waals surface area (Å²) in [5.41, 5.74) is 2.95. The summed E-state index contributed by atoms with van der Waals surface area (Å²) in [7, 11) is -1.93. The molecular formula is C30H40N4O2Si. The summed E-state index contributed by atoms with van der Waals surface area (Å²) < 4.78 is 14.7. The van der Waals surface area contributed by atoms with Crippen LogP contribution in [0.25, 0.3) is 11.3 Å². The van der Waals surface area contributed by atoms with Crippen molar-refractivity contribution in [2.45, 2.75) is 71.3 Å². The third-order valence-electron chi connectivity index (χ3n) is 8.58. The molecule has 5 rings (SSSR count). The second kappa shape index (κ2) is 9.90. The molecule has 2 aromatic heterocycles. The third-order valence-corrected chi connectivity index (χ3v) is 13.1. The van der Waals surface area contributed by atoms with E-state index in [-0.39, 0.29) is 17.2 Å². The number of aromatic nitrogens is 3. The van der Waals surface area contributed by atoms with E-state index >= 15 is 0 Å². The summed E-state index contributed by atoms with van der Waals surface area (Å²) in [6.07, 6.45) is 4.66. The van der Waals surface area contributed by atoms with Crippen molar-refractivity contribution in [2.24, 2.45) is 17.8 Å². The van der Waals surface area contributed by atoms with Gasteiger partial charge in [-0.3, -0.25) is 0 Å². The number of benzene rings is 1. The van der Waals surface area contributed by atoms with E-state index in [0.29, 0.717) is 5.92 Å². The van der Waals surface area contributed by atoms with Gasteiger partial charge in [-0.25, -0.2) is 4.98 Å². The monoisotopic (exact) mass is 516 g/mol. The van der Waals surface area contributed by atoms with E-state index in [2.05, 4.69) is 110 Å². The molecule has 1 aromatic carbocycles. The van der Waals surface area contributed by atoms with Crippen molar-refractivity contribution in [3.63, 3.8) is 0 Å². The Bertz CT molecular complexity index is 1280. The lowest BCUT2D eigenvalue weighted by molar-refractivity contribution is 0.186. The van der Waals surface area contributed by atoms with Gasteiger partial charge in [0.1, 0.15) is 17.6 Å². The van der Waals surface area contributed by atoms with E-state index in [1.807, 2.05) is 12.4 Å². The SMILES string of the molecule is CC[C@H](c1cc(-c2ccc(C#CC3[C@H]4CNC[C@@H]34)cc2)on1)n1ccnc1[C@H](C)O[Si](C)(C)C(C)(C)C. The number of hydrogen-bond donors (Lipinski definition) is 1. The molecule has 0 bridgehead atoms. The molecule has 0 amide bonds. The lowest BCUT2D eigenvalue weighted by Gasteiger charge is -2.38. The maximum Gasteiger partial charge on any atom is 0.193 e. The zero-order chi connectivity index (χ0) is 26.4. The molecule has 1 aliphatic carbocycles. The number of nitrogens with zero attached hydrogens (tertiary/aromatic N) is 3. The number of rotatable bonds is 7. The van der Waals surface area contributed by atoms with Crippen LogP contribution in [0, 0.1) is 29.6 Å². The Morgan fingerprint density at radius 3 is 2.54 bits per heavy atom. The minimum Gasteiger partial charge on any atom is -0.407 e. The van der Waals surface area contributed by atoms with Crippen molar-refractivity contribution in [2.75, 3.05) is 13.1 Å². The molecule has 1 N–H and O–H groups in total. The van der Waals surface area contributed by atoms with Gasteiger partial charge in [-0.15, -0.1) is 0 Å². The van der Waals surface area contributed by atoms with Gasteiger partial charge < -0.3 is 18.8 Å². The smallest absolute Gasteiger partial charge is 0.193 e. The number of piperidine rings is 1. The summed E-state index contributed by atoms with van der Waals surface area (Å²) >= 11 is 0. The van der Waals surface area contributed by atoms with Gasteiger partial charge in [0.2, 0.25) is 0 Å². The quantitative estimate of drug-likeness (QED) is 0.289. The van der Waals surface area contributed by atoms with Crippen molar-refractivity contribution in [3.8, 4) is 23.2 Å². The van der Waals surface area contributed by atoms with E-state index in [0.717, 1.165) is 59.8 Å².